The van der Waals surface area contributed by atoms with Crippen LogP contribution < -0.4 is 4.90 Å². The highest BCUT2D eigenvalue weighted by Crippen LogP contribution is 2.63. The van der Waals surface area contributed by atoms with Gasteiger partial charge in [-0.15, -0.1) is 0 Å². The van der Waals surface area contributed by atoms with Crippen molar-refractivity contribution in [3.8, 4) is 33.4 Å². The normalized spacial score (nSPS) is 13.0. The Morgan fingerprint density at radius 1 is 0.391 bits per heavy atom. The summed E-state index contributed by atoms with van der Waals surface area (Å²) in [6.07, 6.45) is 0.963. The van der Waals surface area contributed by atoms with Gasteiger partial charge >= 0.3 is 0 Å². The number of nitrogens with zero attached hydrogens (tertiary/aromatic N) is 1. The standard InChI is InChI=1S/C44H29NO/c46-29-30-19-25-38-39-26-22-32(31-20-23-35(24-21-31)45(33-11-3-1-4-12-33)34-13-5-2-6-14-34)28-43(39)44(42(38)27-30)40-17-9-7-15-36(40)37-16-8-10-18-41(37)44/h1-29H. The van der Waals surface area contributed by atoms with Crippen molar-refractivity contribution in [1.29, 1.82) is 0 Å². The summed E-state index contributed by atoms with van der Waals surface area (Å²) in [6.45, 7) is 0. The van der Waals surface area contributed by atoms with E-state index >= 15 is 0 Å². The first-order valence-corrected chi connectivity index (χ1v) is 15.7. The lowest BCUT2D eigenvalue weighted by atomic mass is 9.70. The van der Waals surface area contributed by atoms with Crippen molar-refractivity contribution in [3.05, 3.63) is 198 Å². The topological polar surface area (TPSA) is 20.3 Å². The molecule has 0 N–H and O–H groups in total. The molecular weight excluding hydrogens is 558 g/mol. The van der Waals surface area contributed by atoms with Crippen LogP contribution in [0.15, 0.2) is 170 Å². The number of para-hydroxylation sites is 2. The lowest BCUT2D eigenvalue weighted by Gasteiger charge is -2.31. The molecule has 0 fully saturated rings. The number of benzene rings is 7. The molecule has 2 aliphatic carbocycles. The molecule has 0 aliphatic heterocycles. The second-order valence-electron chi connectivity index (χ2n) is 12.1. The number of carbonyl (C=O) groups is 1. The molecule has 7 aromatic carbocycles. The summed E-state index contributed by atoms with van der Waals surface area (Å²) < 4.78 is 0. The molecule has 2 heteroatoms. The van der Waals surface area contributed by atoms with Crippen molar-refractivity contribution in [3.63, 3.8) is 0 Å². The van der Waals surface area contributed by atoms with Crippen molar-refractivity contribution in [2.75, 3.05) is 4.90 Å². The van der Waals surface area contributed by atoms with E-state index in [-0.39, 0.29) is 0 Å². The highest BCUT2D eigenvalue weighted by atomic mass is 16.1. The van der Waals surface area contributed by atoms with Gasteiger partial charge in [0, 0.05) is 22.6 Å². The predicted molar refractivity (Wildman–Crippen MR) is 188 cm³/mol. The Kier molecular flexibility index (Phi) is 5.91. The van der Waals surface area contributed by atoms with Crippen LogP contribution in [0.2, 0.25) is 0 Å². The van der Waals surface area contributed by atoms with Crippen LogP contribution in [0.1, 0.15) is 32.6 Å². The van der Waals surface area contributed by atoms with Gasteiger partial charge in [-0.1, -0.05) is 121 Å². The SMILES string of the molecule is O=Cc1ccc2c(c1)C1(c3ccccc3-c3ccccc31)c1cc(-c3ccc(N(c4ccccc4)c4ccccc4)cc3)ccc1-2. The zero-order valence-corrected chi connectivity index (χ0v) is 25.1. The minimum Gasteiger partial charge on any atom is -0.311 e. The van der Waals surface area contributed by atoms with Crippen molar-refractivity contribution >= 4 is 23.3 Å². The average Bonchev–Trinajstić information content (AvgIpc) is 3.59. The molecular formula is C44H29NO. The van der Waals surface area contributed by atoms with Gasteiger partial charge in [-0.25, -0.2) is 0 Å². The molecule has 0 atom stereocenters. The van der Waals surface area contributed by atoms with E-state index in [1.54, 1.807) is 0 Å². The lowest BCUT2D eigenvalue weighted by molar-refractivity contribution is 0.112. The van der Waals surface area contributed by atoms with Crippen LogP contribution in [0.5, 0.6) is 0 Å². The fourth-order valence-electron chi connectivity index (χ4n) is 7.81. The predicted octanol–water partition coefficient (Wildman–Crippen LogP) is 11.0. The van der Waals surface area contributed by atoms with E-state index in [1.165, 1.54) is 50.1 Å². The molecule has 7 aromatic rings. The lowest BCUT2D eigenvalue weighted by Crippen LogP contribution is -2.26. The van der Waals surface area contributed by atoms with Crippen molar-refractivity contribution in [2.45, 2.75) is 5.41 Å². The van der Waals surface area contributed by atoms with E-state index in [4.69, 9.17) is 0 Å². The first-order chi connectivity index (χ1) is 22.8. The van der Waals surface area contributed by atoms with Crippen molar-refractivity contribution in [2.24, 2.45) is 0 Å². The van der Waals surface area contributed by atoms with Crippen LogP contribution in [0.3, 0.4) is 0 Å². The number of fused-ring (bicyclic) bond motifs is 10. The Morgan fingerprint density at radius 2 is 0.848 bits per heavy atom. The molecule has 216 valence electrons. The van der Waals surface area contributed by atoms with Gasteiger partial charge in [0.2, 0.25) is 0 Å². The summed E-state index contributed by atoms with van der Waals surface area (Å²) in [5.41, 5.74) is 15.8. The van der Waals surface area contributed by atoms with Crippen LogP contribution >= 0.6 is 0 Å². The van der Waals surface area contributed by atoms with E-state index in [1.807, 2.05) is 6.07 Å². The zero-order chi connectivity index (χ0) is 30.7. The van der Waals surface area contributed by atoms with Gasteiger partial charge < -0.3 is 4.90 Å². The van der Waals surface area contributed by atoms with Crippen molar-refractivity contribution in [1.82, 2.24) is 0 Å². The number of anilines is 3. The van der Waals surface area contributed by atoms with Gasteiger partial charge in [-0.2, -0.15) is 0 Å². The average molecular weight is 588 g/mol. The van der Waals surface area contributed by atoms with Crippen molar-refractivity contribution < 1.29 is 4.79 Å². The van der Waals surface area contributed by atoms with Gasteiger partial charge in [0.25, 0.3) is 0 Å². The maximum atomic E-state index is 12.1. The minimum absolute atomic E-state index is 0.496. The summed E-state index contributed by atoms with van der Waals surface area (Å²) >= 11 is 0. The Labute approximate surface area is 268 Å². The van der Waals surface area contributed by atoms with Gasteiger partial charge in [0.1, 0.15) is 6.29 Å². The van der Waals surface area contributed by atoms with Gasteiger partial charge in [0.05, 0.1) is 5.41 Å². The van der Waals surface area contributed by atoms with Gasteiger partial charge in [0.15, 0.2) is 0 Å². The molecule has 1 spiro atoms. The third-order valence-electron chi connectivity index (χ3n) is 9.74. The van der Waals surface area contributed by atoms with E-state index in [0.29, 0.717) is 5.56 Å². The monoisotopic (exact) mass is 587 g/mol. The quantitative estimate of drug-likeness (QED) is 0.187. The van der Waals surface area contributed by atoms with Gasteiger partial charge in [-0.05, 0) is 104 Å². The minimum atomic E-state index is -0.496. The molecule has 0 aromatic heterocycles. The largest absolute Gasteiger partial charge is 0.311 e. The summed E-state index contributed by atoms with van der Waals surface area (Å²) in [4.78, 5) is 14.4. The van der Waals surface area contributed by atoms with Crippen LogP contribution in [0, 0.1) is 0 Å². The molecule has 2 aliphatic rings. The van der Waals surface area contributed by atoms with Crippen LogP contribution in [0.4, 0.5) is 17.1 Å². The number of carbonyl (C=O) groups excluding carboxylic acids is 1. The van der Waals surface area contributed by atoms with Crippen LogP contribution in [-0.4, -0.2) is 6.29 Å². The van der Waals surface area contributed by atoms with E-state index < -0.39 is 5.41 Å². The Hall–Kier alpha value is -5.99. The van der Waals surface area contributed by atoms with Gasteiger partial charge in [-0.3, -0.25) is 4.79 Å². The molecule has 9 rings (SSSR count). The molecule has 0 heterocycles. The molecule has 2 nitrogen and oxygen atoms in total. The molecule has 0 radical (unpaired) electrons. The fourth-order valence-corrected chi connectivity index (χ4v) is 7.81. The smallest absolute Gasteiger partial charge is 0.150 e. The number of aldehydes is 1. The van der Waals surface area contributed by atoms with E-state index in [0.717, 1.165) is 28.9 Å². The van der Waals surface area contributed by atoms with E-state index in [2.05, 4.69) is 169 Å². The molecule has 0 unspecified atom stereocenters. The Bertz CT molecular complexity index is 2180. The highest BCUT2D eigenvalue weighted by molar-refractivity contribution is 5.97. The molecule has 0 amide bonds. The summed E-state index contributed by atoms with van der Waals surface area (Å²) in [5.74, 6) is 0. The summed E-state index contributed by atoms with van der Waals surface area (Å²) in [7, 11) is 0. The molecule has 0 saturated carbocycles. The van der Waals surface area contributed by atoms with E-state index in [9.17, 15) is 4.79 Å². The highest BCUT2D eigenvalue weighted by Gasteiger charge is 2.51. The van der Waals surface area contributed by atoms with Crippen LogP contribution in [0.25, 0.3) is 33.4 Å². The summed E-state index contributed by atoms with van der Waals surface area (Å²) in [6, 6.07) is 60.5. The Morgan fingerprint density at radius 3 is 1.43 bits per heavy atom. The molecule has 0 bridgehead atoms. The first-order valence-electron chi connectivity index (χ1n) is 15.7. The Balaban J connectivity index is 1.22. The number of rotatable bonds is 5. The second kappa shape index (κ2) is 10.3. The number of hydrogen-bond acceptors (Lipinski definition) is 2. The van der Waals surface area contributed by atoms with Crippen LogP contribution in [-0.2, 0) is 5.41 Å². The number of hydrogen-bond donors (Lipinski definition) is 0. The molecule has 46 heavy (non-hydrogen) atoms. The summed E-state index contributed by atoms with van der Waals surface area (Å²) in [5, 5.41) is 0. The first kappa shape index (κ1) is 26.4. The third kappa shape index (κ3) is 3.74. The second-order valence-corrected chi connectivity index (χ2v) is 12.1. The zero-order valence-electron chi connectivity index (χ0n) is 25.1. The fraction of sp³-hybridized carbons (Fsp3) is 0.0227. The maximum absolute atomic E-state index is 12.1. The third-order valence-corrected chi connectivity index (χ3v) is 9.74. The maximum Gasteiger partial charge on any atom is 0.150 e. The molecule has 0 saturated heterocycles.